The van der Waals surface area contributed by atoms with Crippen LogP contribution in [-0.2, 0) is 0 Å². The Hall–Kier alpha value is -2.87. The summed E-state index contributed by atoms with van der Waals surface area (Å²) in [6.07, 6.45) is 7.88. The van der Waals surface area contributed by atoms with Gasteiger partial charge in [-0.2, -0.15) is 0 Å². The first-order valence-corrected chi connectivity index (χ1v) is 6.81. The quantitative estimate of drug-likeness (QED) is 0.704. The van der Waals surface area contributed by atoms with Crippen molar-refractivity contribution in [1.29, 1.82) is 0 Å². The van der Waals surface area contributed by atoms with Gasteiger partial charge in [-0.05, 0) is 23.8 Å². The molecule has 0 aliphatic rings. The molecule has 0 fully saturated rings. The van der Waals surface area contributed by atoms with Crippen LogP contribution in [0.25, 0.3) is 23.1 Å². The predicted molar refractivity (Wildman–Crippen MR) is 87.9 cm³/mol. The van der Waals surface area contributed by atoms with Crippen molar-refractivity contribution < 1.29 is 5.11 Å². The van der Waals surface area contributed by atoms with E-state index in [1.165, 1.54) is 0 Å². The highest BCUT2D eigenvalue weighted by molar-refractivity contribution is 5.85. The van der Waals surface area contributed by atoms with Crippen LogP contribution in [0.3, 0.4) is 0 Å². The first-order valence-electron chi connectivity index (χ1n) is 6.81. The zero-order valence-corrected chi connectivity index (χ0v) is 11.5. The predicted octanol–water partition coefficient (Wildman–Crippen LogP) is 4.67. The van der Waals surface area contributed by atoms with Gasteiger partial charge in [0.2, 0.25) is 0 Å². The number of phenolic OH excluding ortho intramolecular Hbond substituents is 1. The summed E-state index contributed by atoms with van der Waals surface area (Å²) < 4.78 is 0. The maximum absolute atomic E-state index is 9.82. The second-order valence-corrected chi connectivity index (χ2v) is 4.71. The van der Waals surface area contributed by atoms with Gasteiger partial charge in [-0.1, -0.05) is 66.8 Å². The second kappa shape index (κ2) is 6.06. The highest BCUT2D eigenvalue weighted by Gasteiger charge is 2.00. The van der Waals surface area contributed by atoms with Crippen molar-refractivity contribution in [2.45, 2.75) is 0 Å². The van der Waals surface area contributed by atoms with Gasteiger partial charge in [0.05, 0.1) is 5.69 Å². The lowest BCUT2D eigenvalue weighted by Gasteiger charge is -2.00. The minimum absolute atomic E-state index is 0.211. The molecule has 0 aliphatic carbocycles. The molecule has 0 atom stereocenters. The second-order valence-electron chi connectivity index (χ2n) is 4.71. The van der Waals surface area contributed by atoms with Crippen molar-refractivity contribution >= 4 is 23.1 Å². The van der Waals surface area contributed by atoms with Crippen LogP contribution in [0.2, 0.25) is 0 Å². The first kappa shape index (κ1) is 13.1. The van der Waals surface area contributed by atoms with E-state index in [4.69, 9.17) is 0 Å². The molecule has 2 aromatic carbocycles. The van der Waals surface area contributed by atoms with Crippen molar-refractivity contribution in [3.05, 3.63) is 84.1 Å². The average molecular weight is 273 g/mol. The van der Waals surface area contributed by atoms with E-state index < -0.39 is 0 Å². The Morgan fingerprint density at radius 2 is 1.57 bits per heavy atom. The zero-order chi connectivity index (χ0) is 14.5. The summed E-state index contributed by atoms with van der Waals surface area (Å²) in [7, 11) is 0. The number of aromatic nitrogens is 1. The standard InChI is InChI=1S/C19H15NO/c21-18-12-6-10-16-13-14-17(20-19(16)18)11-5-4-9-15-7-2-1-3-8-15/h1-14,21H/b9-4+,11-5+. The van der Waals surface area contributed by atoms with E-state index >= 15 is 0 Å². The molecule has 3 aromatic rings. The van der Waals surface area contributed by atoms with Gasteiger partial charge in [0.1, 0.15) is 11.3 Å². The SMILES string of the molecule is Oc1cccc2ccc(/C=C/C=C/c3ccccc3)nc12. The van der Waals surface area contributed by atoms with E-state index in [1.54, 1.807) is 6.07 Å². The van der Waals surface area contributed by atoms with E-state index in [1.807, 2.05) is 66.8 Å². The Labute approximate surface area is 123 Å². The molecule has 0 amide bonds. The fraction of sp³-hybridized carbons (Fsp3) is 0. The summed E-state index contributed by atoms with van der Waals surface area (Å²) in [6.45, 7) is 0. The number of hydrogen-bond donors (Lipinski definition) is 1. The van der Waals surface area contributed by atoms with Gasteiger partial charge < -0.3 is 5.11 Å². The number of aromatic hydroxyl groups is 1. The van der Waals surface area contributed by atoms with Gasteiger partial charge in [-0.15, -0.1) is 0 Å². The molecule has 0 spiro atoms. The third-order valence-corrected chi connectivity index (χ3v) is 3.19. The summed E-state index contributed by atoms with van der Waals surface area (Å²) in [6, 6.07) is 19.4. The number of pyridine rings is 1. The van der Waals surface area contributed by atoms with E-state index in [-0.39, 0.29) is 5.75 Å². The lowest BCUT2D eigenvalue weighted by Crippen LogP contribution is -1.83. The molecule has 1 aromatic heterocycles. The highest BCUT2D eigenvalue weighted by Crippen LogP contribution is 2.22. The number of allylic oxidation sites excluding steroid dienone is 2. The van der Waals surface area contributed by atoms with E-state index in [0.29, 0.717) is 5.52 Å². The zero-order valence-electron chi connectivity index (χ0n) is 11.5. The monoisotopic (exact) mass is 273 g/mol. The normalized spacial score (nSPS) is 11.6. The third kappa shape index (κ3) is 3.18. The molecule has 102 valence electrons. The molecule has 21 heavy (non-hydrogen) atoms. The maximum Gasteiger partial charge on any atom is 0.141 e. The largest absolute Gasteiger partial charge is 0.506 e. The van der Waals surface area contributed by atoms with Crippen LogP contribution < -0.4 is 0 Å². The van der Waals surface area contributed by atoms with Gasteiger partial charge in [-0.3, -0.25) is 0 Å². The maximum atomic E-state index is 9.82. The summed E-state index contributed by atoms with van der Waals surface area (Å²) in [5.74, 6) is 0.211. The molecule has 0 saturated heterocycles. The summed E-state index contributed by atoms with van der Waals surface area (Å²) in [4.78, 5) is 4.45. The molecule has 0 unspecified atom stereocenters. The van der Waals surface area contributed by atoms with Gasteiger partial charge in [0.15, 0.2) is 0 Å². The van der Waals surface area contributed by atoms with Crippen LogP contribution in [0.5, 0.6) is 5.75 Å². The minimum Gasteiger partial charge on any atom is -0.506 e. The summed E-state index contributed by atoms with van der Waals surface area (Å²) in [5.41, 5.74) is 2.61. The number of fused-ring (bicyclic) bond motifs is 1. The Morgan fingerprint density at radius 1 is 0.762 bits per heavy atom. The van der Waals surface area contributed by atoms with Gasteiger partial charge in [-0.25, -0.2) is 4.98 Å². The van der Waals surface area contributed by atoms with Crippen LogP contribution in [0.1, 0.15) is 11.3 Å². The number of para-hydroxylation sites is 1. The Bertz CT molecular complexity index is 804. The molecule has 3 rings (SSSR count). The molecule has 2 heteroatoms. The molecule has 2 nitrogen and oxygen atoms in total. The first-order chi connectivity index (χ1) is 10.3. The van der Waals surface area contributed by atoms with Crippen molar-refractivity contribution in [3.63, 3.8) is 0 Å². The summed E-state index contributed by atoms with van der Waals surface area (Å²) >= 11 is 0. The molecule has 0 bridgehead atoms. The van der Waals surface area contributed by atoms with Crippen molar-refractivity contribution in [2.75, 3.05) is 0 Å². The molecule has 0 radical (unpaired) electrons. The Morgan fingerprint density at radius 3 is 2.43 bits per heavy atom. The lowest BCUT2D eigenvalue weighted by molar-refractivity contribution is 0.480. The Balaban J connectivity index is 1.80. The smallest absolute Gasteiger partial charge is 0.141 e. The number of rotatable bonds is 3. The topological polar surface area (TPSA) is 33.1 Å². The van der Waals surface area contributed by atoms with Crippen molar-refractivity contribution in [3.8, 4) is 5.75 Å². The summed E-state index contributed by atoms with van der Waals surface area (Å²) in [5, 5.41) is 10.8. The Kier molecular flexibility index (Phi) is 3.79. The molecule has 1 heterocycles. The number of nitrogens with zero attached hydrogens (tertiary/aromatic N) is 1. The van der Waals surface area contributed by atoms with Gasteiger partial charge >= 0.3 is 0 Å². The van der Waals surface area contributed by atoms with Crippen molar-refractivity contribution in [2.24, 2.45) is 0 Å². The van der Waals surface area contributed by atoms with Gasteiger partial charge in [0.25, 0.3) is 0 Å². The molecular weight excluding hydrogens is 258 g/mol. The molecule has 0 saturated carbocycles. The molecular formula is C19H15NO. The minimum atomic E-state index is 0.211. The van der Waals surface area contributed by atoms with Crippen LogP contribution >= 0.6 is 0 Å². The highest BCUT2D eigenvalue weighted by atomic mass is 16.3. The lowest BCUT2D eigenvalue weighted by atomic mass is 10.2. The fourth-order valence-electron chi connectivity index (χ4n) is 2.12. The molecule has 1 N–H and O–H groups in total. The van der Waals surface area contributed by atoms with E-state index in [9.17, 15) is 5.11 Å². The van der Waals surface area contributed by atoms with E-state index in [0.717, 1.165) is 16.6 Å². The van der Waals surface area contributed by atoms with Crippen LogP contribution in [-0.4, -0.2) is 10.1 Å². The van der Waals surface area contributed by atoms with E-state index in [2.05, 4.69) is 17.1 Å². The molecule has 0 aliphatic heterocycles. The van der Waals surface area contributed by atoms with Crippen LogP contribution in [0, 0.1) is 0 Å². The number of phenols is 1. The van der Waals surface area contributed by atoms with Crippen molar-refractivity contribution in [1.82, 2.24) is 4.98 Å². The number of hydrogen-bond acceptors (Lipinski definition) is 2. The third-order valence-electron chi connectivity index (χ3n) is 3.19. The van der Waals surface area contributed by atoms with Crippen LogP contribution in [0.15, 0.2) is 72.8 Å². The average Bonchev–Trinajstić information content (AvgIpc) is 2.53. The number of benzene rings is 2. The fourth-order valence-corrected chi connectivity index (χ4v) is 2.12. The van der Waals surface area contributed by atoms with Gasteiger partial charge in [0, 0.05) is 5.39 Å². The van der Waals surface area contributed by atoms with Crippen LogP contribution in [0.4, 0.5) is 0 Å².